The van der Waals surface area contributed by atoms with Gasteiger partial charge in [0.05, 0.1) is 13.2 Å². The Kier molecular flexibility index (Phi) is 9.37. The van der Waals surface area contributed by atoms with Crippen LogP contribution in [0.4, 0.5) is 4.79 Å². The van der Waals surface area contributed by atoms with E-state index in [1.807, 2.05) is 0 Å². The van der Waals surface area contributed by atoms with Crippen molar-refractivity contribution in [1.29, 1.82) is 0 Å². The lowest BCUT2D eigenvalue weighted by Crippen LogP contribution is -2.44. The third kappa shape index (κ3) is 11.2. The zero-order chi connectivity index (χ0) is 14.7. The molecule has 0 atom stereocenters. The van der Waals surface area contributed by atoms with Crippen LogP contribution in [0.25, 0.3) is 0 Å². The molecule has 110 valence electrons. The maximum atomic E-state index is 11.4. The molecule has 8 heteroatoms. The second kappa shape index (κ2) is 10.3. The van der Waals surface area contributed by atoms with E-state index in [-0.39, 0.29) is 13.0 Å². The van der Waals surface area contributed by atoms with Crippen LogP contribution in [0.2, 0.25) is 0 Å². The molecule has 0 aromatic heterocycles. The third-order valence-corrected chi connectivity index (χ3v) is 2.19. The lowest BCUT2D eigenvalue weighted by molar-refractivity contribution is -0.137. The van der Waals surface area contributed by atoms with Gasteiger partial charge in [-0.05, 0) is 20.0 Å². The van der Waals surface area contributed by atoms with Gasteiger partial charge in [-0.25, -0.2) is 4.79 Å². The molecular weight excluding hydrogens is 254 g/mol. The Morgan fingerprint density at radius 3 is 2.58 bits per heavy atom. The van der Waals surface area contributed by atoms with E-state index in [1.54, 1.807) is 11.9 Å². The highest BCUT2D eigenvalue weighted by Gasteiger charge is 2.10. The summed E-state index contributed by atoms with van der Waals surface area (Å²) < 4.78 is 4.74. The van der Waals surface area contributed by atoms with Crippen molar-refractivity contribution in [2.75, 3.05) is 40.4 Å². The Morgan fingerprint density at radius 2 is 2.00 bits per heavy atom. The number of imide groups is 1. The molecule has 3 amide bonds. The number of carbonyl (C=O) groups excluding carboxylic acids is 2. The van der Waals surface area contributed by atoms with Gasteiger partial charge in [0.25, 0.3) is 0 Å². The molecule has 8 nitrogen and oxygen atoms in total. The first kappa shape index (κ1) is 17.3. The van der Waals surface area contributed by atoms with Crippen LogP contribution in [0, 0.1) is 0 Å². The molecule has 0 aromatic carbocycles. The number of rotatable bonds is 9. The summed E-state index contributed by atoms with van der Waals surface area (Å²) in [5.74, 6) is -1.30. The fraction of sp³-hybridized carbons (Fsp3) is 0.727. The van der Waals surface area contributed by atoms with Crippen molar-refractivity contribution in [3.05, 3.63) is 0 Å². The predicted octanol–water partition coefficient (Wildman–Crippen LogP) is -0.745. The molecule has 3 N–H and O–H groups in total. The van der Waals surface area contributed by atoms with Gasteiger partial charge in [-0.3, -0.25) is 19.8 Å². The van der Waals surface area contributed by atoms with E-state index < -0.39 is 17.9 Å². The Hall–Kier alpha value is -1.67. The van der Waals surface area contributed by atoms with Crippen molar-refractivity contribution in [2.24, 2.45) is 0 Å². The molecule has 19 heavy (non-hydrogen) atoms. The lowest BCUT2D eigenvalue weighted by Gasteiger charge is -2.15. The van der Waals surface area contributed by atoms with Crippen LogP contribution < -0.4 is 10.6 Å². The largest absolute Gasteiger partial charge is 0.481 e. The molecule has 0 unspecified atom stereocenters. The summed E-state index contributed by atoms with van der Waals surface area (Å²) in [5, 5.41) is 13.1. The van der Waals surface area contributed by atoms with Crippen LogP contribution in [-0.2, 0) is 14.3 Å². The second-order valence-electron chi connectivity index (χ2n) is 4.03. The van der Waals surface area contributed by atoms with E-state index in [2.05, 4.69) is 10.6 Å². The highest BCUT2D eigenvalue weighted by atomic mass is 16.5. The summed E-state index contributed by atoms with van der Waals surface area (Å²) in [6.07, 6.45) is 0.516. The first-order valence-corrected chi connectivity index (χ1v) is 5.92. The van der Waals surface area contributed by atoms with E-state index in [1.165, 1.54) is 7.11 Å². The average Bonchev–Trinajstić information content (AvgIpc) is 2.28. The number of amides is 3. The van der Waals surface area contributed by atoms with E-state index in [4.69, 9.17) is 9.84 Å². The van der Waals surface area contributed by atoms with Gasteiger partial charge in [0.2, 0.25) is 5.91 Å². The summed E-state index contributed by atoms with van der Waals surface area (Å²) in [6.45, 7) is 1.21. The average molecular weight is 275 g/mol. The number of likely N-dealkylation sites (N-methyl/N-ethyl adjacent to an activating group) is 1. The summed E-state index contributed by atoms with van der Waals surface area (Å²) >= 11 is 0. The second-order valence-corrected chi connectivity index (χ2v) is 4.03. The number of carboxylic acid groups (broad SMARTS) is 1. The summed E-state index contributed by atoms with van der Waals surface area (Å²) in [6, 6.07) is -0.569. The number of nitrogens with zero attached hydrogens (tertiary/aromatic N) is 1. The number of urea groups is 1. The molecule has 0 spiro atoms. The first-order valence-electron chi connectivity index (χ1n) is 5.92. The predicted molar refractivity (Wildman–Crippen MR) is 67.8 cm³/mol. The maximum absolute atomic E-state index is 11.4. The zero-order valence-electron chi connectivity index (χ0n) is 11.3. The van der Waals surface area contributed by atoms with E-state index >= 15 is 0 Å². The first-order chi connectivity index (χ1) is 8.95. The molecule has 0 saturated heterocycles. The number of nitrogens with one attached hydrogen (secondary N) is 2. The smallest absolute Gasteiger partial charge is 0.321 e. The van der Waals surface area contributed by atoms with Crippen molar-refractivity contribution in [3.8, 4) is 0 Å². The molecule has 0 aliphatic rings. The molecule has 0 aliphatic heterocycles. The van der Waals surface area contributed by atoms with Crippen LogP contribution in [0.15, 0.2) is 0 Å². The molecule has 0 aliphatic carbocycles. The van der Waals surface area contributed by atoms with Crippen molar-refractivity contribution >= 4 is 17.9 Å². The van der Waals surface area contributed by atoms with E-state index in [0.29, 0.717) is 26.1 Å². The van der Waals surface area contributed by atoms with Crippen LogP contribution in [0.3, 0.4) is 0 Å². The minimum absolute atomic E-state index is 0.0390. The van der Waals surface area contributed by atoms with Crippen molar-refractivity contribution in [3.63, 3.8) is 0 Å². The SMILES string of the molecule is COCCNC(=O)NC(=O)CN(C)CCCC(=O)O. The third-order valence-electron chi connectivity index (χ3n) is 2.19. The molecule has 0 bridgehead atoms. The van der Waals surface area contributed by atoms with Gasteiger partial charge in [0.15, 0.2) is 0 Å². The van der Waals surface area contributed by atoms with E-state index in [9.17, 15) is 14.4 Å². The fourth-order valence-corrected chi connectivity index (χ4v) is 1.30. The highest BCUT2D eigenvalue weighted by Crippen LogP contribution is 1.92. The van der Waals surface area contributed by atoms with Crippen LogP contribution in [-0.4, -0.2) is 68.3 Å². The van der Waals surface area contributed by atoms with Crippen LogP contribution >= 0.6 is 0 Å². The molecule has 0 fully saturated rings. The quantitative estimate of drug-likeness (QED) is 0.478. The summed E-state index contributed by atoms with van der Waals surface area (Å²) in [4.78, 5) is 34.6. The van der Waals surface area contributed by atoms with Gasteiger partial charge in [-0.15, -0.1) is 0 Å². The normalized spacial score (nSPS) is 10.3. The van der Waals surface area contributed by atoms with Gasteiger partial charge in [-0.1, -0.05) is 0 Å². The highest BCUT2D eigenvalue weighted by molar-refractivity contribution is 5.95. The van der Waals surface area contributed by atoms with E-state index in [0.717, 1.165) is 0 Å². The summed E-state index contributed by atoms with van der Waals surface area (Å²) in [5.41, 5.74) is 0. The molecule has 0 aromatic rings. The number of ether oxygens (including phenoxy) is 1. The minimum atomic E-state index is -0.865. The van der Waals surface area contributed by atoms with Crippen molar-refractivity contribution in [2.45, 2.75) is 12.8 Å². The topological polar surface area (TPSA) is 108 Å². The Bertz CT molecular complexity index is 309. The fourth-order valence-electron chi connectivity index (χ4n) is 1.30. The Morgan fingerprint density at radius 1 is 1.32 bits per heavy atom. The van der Waals surface area contributed by atoms with Gasteiger partial charge in [-0.2, -0.15) is 0 Å². The molecular formula is C11H21N3O5. The molecule has 0 radical (unpaired) electrons. The van der Waals surface area contributed by atoms with Crippen molar-refractivity contribution < 1.29 is 24.2 Å². The molecule has 0 saturated carbocycles. The summed E-state index contributed by atoms with van der Waals surface area (Å²) in [7, 11) is 3.20. The monoisotopic (exact) mass is 275 g/mol. The molecule has 0 rings (SSSR count). The van der Waals surface area contributed by atoms with Gasteiger partial charge in [0, 0.05) is 20.1 Å². The zero-order valence-corrected chi connectivity index (χ0v) is 11.3. The standard InChI is InChI=1S/C11H21N3O5/c1-14(6-3-4-10(16)17)8-9(15)13-11(18)12-5-7-19-2/h3-8H2,1-2H3,(H,16,17)(H2,12,13,15,18). The Balaban J connectivity index is 3.71. The van der Waals surface area contributed by atoms with Crippen LogP contribution in [0.5, 0.6) is 0 Å². The number of carboxylic acids is 1. The number of hydrogen-bond donors (Lipinski definition) is 3. The number of hydrogen-bond acceptors (Lipinski definition) is 5. The van der Waals surface area contributed by atoms with Crippen LogP contribution in [0.1, 0.15) is 12.8 Å². The molecule has 0 heterocycles. The van der Waals surface area contributed by atoms with Crippen molar-refractivity contribution in [1.82, 2.24) is 15.5 Å². The minimum Gasteiger partial charge on any atom is -0.481 e. The maximum Gasteiger partial charge on any atom is 0.321 e. The number of methoxy groups -OCH3 is 1. The lowest BCUT2D eigenvalue weighted by atomic mass is 10.3. The Labute approximate surface area is 112 Å². The van der Waals surface area contributed by atoms with Gasteiger partial charge in [0.1, 0.15) is 0 Å². The van der Waals surface area contributed by atoms with Gasteiger partial charge >= 0.3 is 12.0 Å². The van der Waals surface area contributed by atoms with Gasteiger partial charge < -0.3 is 15.2 Å². The number of aliphatic carboxylic acids is 1. The number of carbonyl (C=O) groups is 3.